The second kappa shape index (κ2) is 7.11. The van der Waals surface area contributed by atoms with Crippen LogP contribution in [0.5, 0.6) is 0 Å². The number of benzene rings is 2. The third-order valence-corrected chi connectivity index (χ3v) is 4.57. The Morgan fingerprint density at radius 2 is 1.90 bits per heavy atom. The second-order valence-electron chi connectivity index (χ2n) is 4.69. The van der Waals surface area contributed by atoms with E-state index in [1.165, 1.54) is 23.9 Å². The van der Waals surface area contributed by atoms with Crippen molar-refractivity contribution >= 4 is 23.4 Å². The van der Waals surface area contributed by atoms with Crippen molar-refractivity contribution in [2.45, 2.75) is 35.6 Å². The van der Waals surface area contributed by atoms with Crippen LogP contribution in [0.25, 0.3) is 0 Å². The van der Waals surface area contributed by atoms with Gasteiger partial charge >= 0.3 is 0 Å². The van der Waals surface area contributed by atoms with E-state index in [0.29, 0.717) is 5.02 Å². The molecule has 0 heterocycles. The van der Waals surface area contributed by atoms with Gasteiger partial charge in [-0.05, 0) is 54.8 Å². The minimum Gasteiger partial charge on any atom is -0.327 e. The molecule has 4 heteroatoms. The van der Waals surface area contributed by atoms with Crippen molar-refractivity contribution in [1.29, 1.82) is 0 Å². The molecule has 0 spiro atoms. The van der Waals surface area contributed by atoms with Crippen LogP contribution in [0.3, 0.4) is 0 Å². The molecule has 0 aliphatic heterocycles. The maximum absolute atomic E-state index is 12.9. The van der Waals surface area contributed by atoms with Crippen molar-refractivity contribution in [3.8, 4) is 0 Å². The molecule has 2 aromatic carbocycles. The maximum Gasteiger partial charge on any atom is 0.123 e. The molecule has 2 aromatic rings. The average molecular weight is 310 g/mol. The van der Waals surface area contributed by atoms with Crippen LogP contribution in [0, 0.1) is 5.82 Å². The Morgan fingerprint density at radius 3 is 2.50 bits per heavy atom. The SMILES string of the molecule is CCC(N)Cc1ccc(Sc2ccc(F)cc2)c(Cl)c1. The topological polar surface area (TPSA) is 26.0 Å². The number of halogens is 2. The van der Waals surface area contributed by atoms with Gasteiger partial charge in [0.15, 0.2) is 0 Å². The summed E-state index contributed by atoms with van der Waals surface area (Å²) in [6, 6.07) is 12.6. The summed E-state index contributed by atoms with van der Waals surface area (Å²) in [5, 5.41) is 0.708. The van der Waals surface area contributed by atoms with Gasteiger partial charge in [0, 0.05) is 15.8 Å². The van der Waals surface area contributed by atoms with Crippen LogP contribution >= 0.6 is 23.4 Å². The predicted molar refractivity (Wildman–Crippen MR) is 83.9 cm³/mol. The molecule has 0 amide bonds. The number of hydrogen-bond acceptors (Lipinski definition) is 2. The van der Waals surface area contributed by atoms with E-state index < -0.39 is 0 Å². The summed E-state index contributed by atoms with van der Waals surface area (Å²) in [5.41, 5.74) is 7.09. The lowest BCUT2D eigenvalue weighted by molar-refractivity contribution is 0.626. The van der Waals surface area contributed by atoms with Crippen LogP contribution in [0.1, 0.15) is 18.9 Å². The van der Waals surface area contributed by atoms with Gasteiger partial charge in [-0.3, -0.25) is 0 Å². The third kappa shape index (κ3) is 4.23. The number of rotatable bonds is 5. The molecular formula is C16H17ClFNS. The largest absolute Gasteiger partial charge is 0.327 e. The molecule has 0 radical (unpaired) electrons. The molecule has 0 saturated heterocycles. The minimum absolute atomic E-state index is 0.168. The maximum atomic E-state index is 12.9. The molecular weight excluding hydrogens is 293 g/mol. The van der Waals surface area contributed by atoms with Crippen LogP contribution in [-0.2, 0) is 6.42 Å². The van der Waals surface area contributed by atoms with Gasteiger partial charge < -0.3 is 5.73 Å². The first-order valence-corrected chi connectivity index (χ1v) is 7.75. The standard InChI is InChI=1S/C16H17ClFNS/c1-2-13(19)9-11-3-8-16(15(17)10-11)20-14-6-4-12(18)5-7-14/h3-8,10,13H,2,9,19H2,1H3. The first kappa shape index (κ1) is 15.4. The van der Waals surface area contributed by atoms with E-state index in [-0.39, 0.29) is 11.9 Å². The Morgan fingerprint density at radius 1 is 1.20 bits per heavy atom. The van der Waals surface area contributed by atoms with Crippen LogP contribution in [0.2, 0.25) is 5.02 Å². The molecule has 0 fully saturated rings. The number of nitrogens with two attached hydrogens (primary N) is 1. The lowest BCUT2D eigenvalue weighted by Crippen LogP contribution is -2.21. The van der Waals surface area contributed by atoms with Gasteiger partial charge in [0.1, 0.15) is 5.82 Å². The van der Waals surface area contributed by atoms with Gasteiger partial charge in [-0.15, -0.1) is 0 Å². The molecule has 0 aliphatic carbocycles. The summed E-state index contributed by atoms with van der Waals surface area (Å²) in [5.74, 6) is -0.232. The van der Waals surface area contributed by atoms with E-state index in [0.717, 1.165) is 28.2 Å². The zero-order valence-corrected chi connectivity index (χ0v) is 12.8. The summed E-state index contributed by atoms with van der Waals surface area (Å²) in [7, 11) is 0. The van der Waals surface area contributed by atoms with Crippen LogP contribution in [0.15, 0.2) is 52.3 Å². The molecule has 0 bridgehead atoms. The van der Waals surface area contributed by atoms with E-state index >= 15 is 0 Å². The van der Waals surface area contributed by atoms with Crippen molar-refractivity contribution in [2.75, 3.05) is 0 Å². The van der Waals surface area contributed by atoms with Gasteiger partial charge in [-0.1, -0.05) is 36.4 Å². The molecule has 106 valence electrons. The van der Waals surface area contributed by atoms with E-state index in [1.54, 1.807) is 12.1 Å². The van der Waals surface area contributed by atoms with Gasteiger partial charge in [-0.2, -0.15) is 0 Å². The fourth-order valence-electron chi connectivity index (χ4n) is 1.83. The molecule has 0 saturated carbocycles. The smallest absolute Gasteiger partial charge is 0.123 e. The highest BCUT2D eigenvalue weighted by atomic mass is 35.5. The van der Waals surface area contributed by atoms with Crippen LogP contribution < -0.4 is 5.73 Å². The Balaban J connectivity index is 2.11. The monoisotopic (exact) mass is 309 g/mol. The highest BCUT2D eigenvalue weighted by Gasteiger charge is 2.07. The Hall–Kier alpha value is -1.03. The normalized spacial score (nSPS) is 12.4. The van der Waals surface area contributed by atoms with E-state index in [9.17, 15) is 4.39 Å². The number of hydrogen-bond donors (Lipinski definition) is 1. The molecule has 2 N–H and O–H groups in total. The first-order chi connectivity index (χ1) is 9.58. The lowest BCUT2D eigenvalue weighted by atomic mass is 10.1. The highest BCUT2D eigenvalue weighted by Crippen LogP contribution is 2.34. The van der Waals surface area contributed by atoms with E-state index in [4.69, 9.17) is 17.3 Å². The molecule has 1 nitrogen and oxygen atoms in total. The summed E-state index contributed by atoms with van der Waals surface area (Å²) in [6.45, 7) is 2.07. The fraction of sp³-hybridized carbons (Fsp3) is 0.250. The van der Waals surface area contributed by atoms with Gasteiger partial charge in [0.25, 0.3) is 0 Å². The Kier molecular flexibility index (Phi) is 5.46. The molecule has 2 rings (SSSR count). The molecule has 1 unspecified atom stereocenters. The third-order valence-electron chi connectivity index (χ3n) is 3.06. The fourth-order valence-corrected chi connectivity index (χ4v) is 2.97. The van der Waals surface area contributed by atoms with E-state index in [1.807, 2.05) is 18.2 Å². The van der Waals surface area contributed by atoms with E-state index in [2.05, 4.69) is 6.92 Å². The summed E-state index contributed by atoms with van der Waals surface area (Å²) < 4.78 is 12.9. The molecule has 0 aromatic heterocycles. The minimum atomic E-state index is -0.232. The van der Waals surface area contributed by atoms with Crippen LogP contribution in [0.4, 0.5) is 4.39 Å². The predicted octanol–water partition coefficient (Wildman–Crippen LogP) is 4.91. The van der Waals surface area contributed by atoms with Gasteiger partial charge in [-0.25, -0.2) is 4.39 Å². The highest BCUT2D eigenvalue weighted by molar-refractivity contribution is 7.99. The molecule has 1 atom stereocenters. The van der Waals surface area contributed by atoms with Gasteiger partial charge in [0.05, 0.1) is 5.02 Å². The van der Waals surface area contributed by atoms with Crippen molar-refractivity contribution in [3.63, 3.8) is 0 Å². The quantitative estimate of drug-likeness (QED) is 0.849. The summed E-state index contributed by atoms with van der Waals surface area (Å²) in [4.78, 5) is 1.93. The Bertz CT molecular complexity index is 571. The Labute approximate surface area is 128 Å². The summed E-state index contributed by atoms with van der Waals surface area (Å²) in [6.07, 6.45) is 1.78. The first-order valence-electron chi connectivity index (χ1n) is 6.56. The zero-order chi connectivity index (χ0) is 14.5. The van der Waals surface area contributed by atoms with Crippen molar-refractivity contribution in [1.82, 2.24) is 0 Å². The van der Waals surface area contributed by atoms with Crippen molar-refractivity contribution in [3.05, 3.63) is 58.9 Å². The summed E-state index contributed by atoms with van der Waals surface area (Å²) >= 11 is 7.83. The lowest BCUT2D eigenvalue weighted by Gasteiger charge is -2.10. The van der Waals surface area contributed by atoms with Gasteiger partial charge in [0.2, 0.25) is 0 Å². The molecule has 0 aliphatic rings. The zero-order valence-electron chi connectivity index (χ0n) is 11.3. The van der Waals surface area contributed by atoms with Crippen molar-refractivity contribution < 1.29 is 4.39 Å². The molecule has 20 heavy (non-hydrogen) atoms. The second-order valence-corrected chi connectivity index (χ2v) is 6.22. The van der Waals surface area contributed by atoms with Crippen LogP contribution in [-0.4, -0.2) is 6.04 Å². The average Bonchev–Trinajstić information content (AvgIpc) is 2.44. The van der Waals surface area contributed by atoms with Crippen molar-refractivity contribution in [2.24, 2.45) is 5.73 Å².